The number of rotatable bonds is 6. The molecule has 0 saturated carbocycles. The third kappa shape index (κ3) is 3.30. The van der Waals surface area contributed by atoms with Crippen LogP contribution in [0.15, 0.2) is 49.1 Å². The predicted octanol–water partition coefficient (Wildman–Crippen LogP) is 2.55. The zero-order chi connectivity index (χ0) is 18.5. The fourth-order valence-electron chi connectivity index (χ4n) is 2.52. The van der Waals surface area contributed by atoms with Gasteiger partial charge in [-0.1, -0.05) is 12.1 Å². The minimum Gasteiger partial charge on any atom is -0.493 e. The third-order valence-electron chi connectivity index (χ3n) is 3.74. The van der Waals surface area contributed by atoms with E-state index in [1.165, 1.54) is 27.7 Å². The number of hydrogen-bond donors (Lipinski definition) is 1. The minimum atomic E-state index is -0.322. The second-order valence-corrected chi connectivity index (χ2v) is 5.23. The molecule has 0 bridgehead atoms. The van der Waals surface area contributed by atoms with E-state index in [-0.39, 0.29) is 5.91 Å². The highest BCUT2D eigenvalue weighted by molar-refractivity contribution is 6.06. The molecule has 0 unspecified atom stereocenters. The Morgan fingerprint density at radius 3 is 2.31 bits per heavy atom. The van der Waals surface area contributed by atoms with Crippen LogP contribution in [-0.4, -0.2) is 42.0 Å². The Balaban J connectivity index is 1.95. The number of nitrogens with one attached hydrogen (secondary N) is 1. The molecule has 2 aromatic carbocycles. The Labute approximate surface area is 150 Å². The number of anilines is 1. The number of carbonyl (C=O) groups excluding carboxylic acids is 1. The molecule has 1 heterocycles. The molecule has 0 radical (unpaired) electrons. The van der Waals surface area contributed by atoms with Crippen molar-refractivity contribution >= 4 is 11.6 Å². The lowest BCUT2D eigenvalue weighted by atomic mass is 10.1. The van der Waals surface area contributed by atoms with Crippen LogP contribution in [0, 0.1) is 0 Å². The van der Waals surface area contributed by atoms with Crippen LogP contribution >= 0.6 is 0 Å². The van der Waals surface area contributed by atoms with E-state index < -0.39 is 0 Å². The standard InChI is InChI=1S/C18H18N4O4/c1-24-15-8-12(9-16(25-2)17(15)26-3)18(23)21-13-6-4-5-7-14(13)22-11-19-10-20-22/h4-11H,1-3H3,(H,21,23). The molecule has 134 valence electrons. The lowest BCUT2D eigenvalue weighted by Gasteiger charge is -2.15. The van der Waals surface area contributed by atoms with Crippen LogP contribution in [0.25, 0.3) is 5.69 Å². The van der Waals surface area contributed by atoms with E-state index in [0.717, 1.165) is 0 Å². The van der Waals surface area contributed by atoms with Gasteiger partial charge in [-0.3, -0.25) is 4.79 Å². The maximum absolute atomic E-state index is 12.8. The van der Waals surface area contributed by atoms with E-state index in [2.05, 4.69) is 15.4 Å². The van der Waals surface area contributed by atoms with Crippen LogP contribution in [-0.2, 0) is 0 Å². The van der Waals surface area contributed by atoms with Crippen LogP contribution in [0.2, 0.25) is 0 Å². The predicted molar refractivity (Wildman–Crippen MR) is 95.4 cm³/mol. The zero-order valence-corrected chi connectivity index (χ0v) is 14.6. The average Bonchev–Trinajstić information content (AvgIpc) is 3.21. The van der Waals surface area contributed by atoms with Crippen molar-refractivity contribution in [1.82, 2.24) is 14.8 Å². The summed E-state index contributed by atoms with van der Waals surface area (Å²) in [4.78, 5) is 16.7. The number of amides is 1. The molecular weight excluding hydrogens is 336 g/mol. The van der Waals surface area contributed by atoms with Gasteiger partial charge < -0.3 is 19.5 Å². The maximum Gasteiger partial charge on any atom is 0.255 e. The highest BCUT2D eigenvalue weighted by Gasteiger charge is 2.18. The van der Waals surface area contributed by atoms with E-state index in [9.17, 15) is 4.79 Å². The molecule has 3 rings (SSSR count). The van der Waals surface area contributed by atoms with Gasteiger partial charge >= 0.3 is 0 Å². The van der Waals surface area contributed by atoms with Crippen molar-refractivity contribution in [2.75, 3.05) is 26.6 Å². The molecule has 0 aliphatic heterocycles. The van der Waals surface area contributed by atoms with Gasteiger partial charge in [0.1, 0.15) is 12.7 Å². The first kappa shape index (κ1) is 17.3. The second kappa shape index (κ2) is 7.56. The zero-order valence-electron chi connectivity index (χ0n) is 14.6. The number of aromatic nitrogens is 3. The maximum atomic E-state index is 12.8. The summed E-state index contributed by atoms with van der Waals surface area (Å²) in [6.45, 7) is 0. The average molecular weight is 354 g/mol. The summed E-state index contributed by atoms with van der Waals surface area (Å²) in [5.74, 6) is 0.912. The van der Waals surface area contributed by atoms with Crippen molar-refractivity contribution in [3.63, 3.8) is 0 Å². The van der Waals surface area contributed by atoms with Crippen molar-refractivity contribution in [3.8, 4) is 22.9 Å². The fraction of sp³-hybridized carbons (Fsp3) is 0.167. The van der Waals surface area contributed by atoms with Crippen molar-refractivity contribution < 1.29 is 19.0 Å². The highest BCUT2D eigenvalue weighted by atomic mass is 16.5. The van der Waals surface area contributed by atoms with Crippen LogP contribution < -0.4 is 19.5 Å². The monoisotopic (exact) mass is 354 g/mol. The van der Waals surface area contributed by atoms with Gasteiger partial charge in [0.2, 0.25) is 5.75 Å². The number of benzene rings is 2. The first-order valence-electron chi connectivity index (χ1n) is 7.73. The van der Waals surface area contributed by atoms with Crippen LogP contribution in [0.3, 0.4) is 0 Å². The highest BCUT2D eigenvalue weighted by Crippen LogP contribution is 2.38. The number of nitrogens with zero attached hydrogens (tertiary/aromatic N) is 3. The summed E-state index contributed by atoms with van der Waals surface area (Å²) in [5, 5.41) is 6.98. The molecule has 0 aliphatic rings. The van der Waals surface area contributed by atoms with Gasteiger partial charge in [0.05, 0.1) is 32.7 Å². The number of hydrogen-bond acceptors (Lipinski definition) is 6. The van der Waals surface area contributed by atoms with Crippen LogP contribution in [0.4, 0.5) is 5.69 Å². The quantitative estimate of drug-likeness (QED) is 0.732. The molecule has 8 nitrogen and oxygen atoms in total. The van der Waals surface area contributed by atoms with E-state index >= 15 is 0 Å². The third-order valence-corrected chi connectivity index (χ3v) is 3.74. The van der Waals surface area contributed by atoms with Gasteiger partial charge in [0.15, 0.2) is 11.5 Å². The Kier molecular flexibility index (Phi) is 5.02. The molecular formula is C18H18N4O4. The Hall–Kier alpha value is -3.55. The lowest BCUT2D eigenvalue weighted by Crippen LogP contribution is -2.14. The lowest BCUT2D eigenvalue weighted by molar-refractivity contribution is 0.102. The summed E-state index contributed by atoms with van der Waals surface area (Å²) < 4.78 is 17.4. The molecule has 1 N–H and O–H groups in total. The molecule has 0 spiro atoms. The summed E-state index contributed by atoms with van der Waals surface area (Å²) in [5.41, 5.74) is 1.66. The fourth-order valence-corrected chi connectivity index (χ4v) is 2.52. The van der Waals surface area contributed by atoms with Gasteiger partial charge in [-0.05, 0) is 24.3 Å². The number of ether oxygens (including phenoxy) is 3. The summed E-state index contributed by atoms with van der Waals surface area (Å²) in [6, 6.07) is 10.5. The Bertz CT molecular complexity index is 884. The smallest absolute Gasteiger partial charge is 0.255 e. The molecule has 1 aromatic heterocycles. The molecule has 0 aliphatic carbocycles. The van der Waals surface area contributed by atoms with Crippen molar-refractivity contribution in [2.24, 2.45) is 0 Å². The SMILES string of the molecule is COc1cc(C(=O)Nc2ccccc2-n2cncn2)cc(OC)c1OC. The summed E-state index contributed by atoms with van der Waals surface area (Å²) in [7, 11) is 4.51. The Morgan fingerprint density at radius 2 is 1.73 bits per heavy atom. The van der Waals surface area contributed by atoms with Crippen LogP contribution in [0.1, 0.15) is 10.4 Å². The van der Waals surface area contributed by atoms with Crippen LogP contribution in [0.5, 0.6) is 17.2 Å². The molecule has 8 heteroatoms. The van der Waals surface area contributed by atoms with E-state index in [1.54, 1.807) is 29.2 Å². The molecule has 0 atom stereocenters. The van der Waals surface area contributed by atoms with Crippen molar-refractivity contribution in [3.05, 3.63) is 54.6 Å². The molecule has 0 saturated heterocycles. The molecule has 1 amide bonds. The Morgan fingerprint density at radius 1 is 1.04 bits per heavy atom. The summed E-state index contributed by atoms with van der Waals surface area (Å²) in [6.07, 6.45) is 2.99. The van der Waals surface area contributed by atoms with E-state index in [0.29, 0.717) is 34.2 Å². The van der Waals surface area contributed by atoms with Crippen molar-refractivity contribution in [1.29, 1.82) is 0 Å². The number of carbonyl (C=O) groups is 1. The largest absolute Gasteiger partial charge is 0.493 e. The number of methoxy groups -OCH3 is 3. The minimum absolute atomic E-state index is 0.322. The topological polar surface area (TPSA) is 87.5 Å². The van der Waals surface area contributed by atoms with Gasteiger partial charge in [-0.15, -0.1) is 0 Å². The first-order valence-corrected chi connectivity index (χ1v) is 7.73. The summed E-state index contributed by atoms with van der Waals surface area (Å²) >= 11 is 0. The number of para-hydroxylation sites is 2. The van der Waals surface area contributed by atoms with Gasteiger partial charge in [0, 0.05) is 5.56 Å². The van der Waals surface area contributed by atoms with E-state index in [4.69, 9.17) is 14.2 Å². The van der Waals surface area contributed by atoms with Gasteiger partial charge in [0.25, 0.3) is 5.91 Å². The van der Waals surface area contributed by atoms with Gasteiger partial charge in [-0.2, -0.15) is 5.10 Å². The molecule has 3 aromatic rings. The van der Waals surface area contributed by atoms with Crippen molar-refractivity contribution in [2.45, 2.75) is 0 Å². The molecule has 26 heavy (non-hydrogen) atoms. The molecule has 0 fully saturated rings. The second-order valence-electron chi connectivity index (χ2n) is 5.23. The van der Waals surface area contributed by atoms with E-state index in [1.807, 2.05) is 18.2 Å². The normalized spacial score (nSPS) is 10.3. The first-order chi connectivity index (χ1) is 12.7. The van der Waals surface area contributed by atoms with Gasteiger partial charge in [-0.25, -0.2) is 9.67 Å².